The lowest BCUT2D eigenvalue weighted by molar-refractivity contribution is 0.0181. The van der Waals surface area contributed by atoms with Crippen molar-refractivity contribution in [1.29, 1.82) is 5.26 Å². The molecule has 1 saturated heterocycles. The second-order valence-electron chi connectivity index (χ2n) is 4.76. The van der Waals surface area contributed by atoms with E-state index in [4.69, 9.17) is 10.00 Å². The number of rotatable bonds is 1. The minimum absolute atomic E-state index is 0.202. The molecule has 1 aliphatic rings. The maximum Gasteiger partial charge on any atom is 0.0991 e. The Morgan fingerprint density at radius 3 is 3.06 bits per heavy atom. The third-order valence-corrected chi connectivity index (χ3v) is 3.60. The van der Waals surface area contributed by atoms with Gasteiger partial charge in [-0.05, 0) is 38.0 Å². The maximum absolute atomic E-state index is 8.96. The van der Waals surface area contributed by atoms with Gasteiger partial charge in [-0.3, -0.25) is 0 Å². The Balaban J connectivity index is 2.20. The predicted molar refractivity (Wildman–Crippen MR) is 65.6 cm³/mol. The van der Waals surface area contributed by atoms with Crippen LogP contribution in [0.4, 0.5) is 0 Å². The number of aromatic amines is 1. The number of hydrogen-bond acceptors (Lipinski definition) is 2. The van der Waals surface area contributed by atoms with E-state index in [1.165, 1.54) is 5.56 Å². The van der Waals surface area contributed by atoms with Gasteiger partial charge in [-0.1, -0.05) is 0 Å². The molecule has 1 aliphatic heterocycles. The summed E-state index contributed by atoms with van der Waals surface area (Å²) in [6.07, 6.45) is 4.15. The fraction of sp³-hybridized carbons (Fsp3) is 0.357. The van der Waals surface area contributed by atoms with E-state index in [2.05, 4.69) is 18.0 Å². The van der Waals surface area contributed by atoms with Crippen LogP contribution in [-0.4, -0.2) is 11.6 Å². The van der Waals surface area contributed by atoms with Gasteiger partial charge in [-0.25, -0.2) is 0 Å². The van der Waals surface area contributed by atoms with Crippen LogP contribution >= 0.6 is 0 Å². The second kappa shape index (κ2) is 3.61. The summed E-state index contributed by atoms with van der Waals surface area (Å²) < 4.78 is 5.86. The van der Waals surface area contributed by atoms with Crippen LogP contribution in [0.1, 0.15) is 30.9 Å². The first-order valence-corrected chi connectivity index (χ1v) is 5.89. The number of nitrogens with one attached hydrogen (secondary N) is 1. The molecule has 1 N–H and O–H groups in total. The summed E-state index contributed by atoms with van der Waals surface area (Å²) in [4.78, 5) is 3.25. The van der Waals surface area contributed by atoms with E-state index in [1.807, 2.05) is 24.4 Å². The Hall–Kier alpha value is -1.79. The topological polar surface area (TPSA) is 48.8 Å². The normalized spacial score (nSPS) is 24.0. The zero-order chi connectivity index (χ0) is 11.9. The SMILES string of the molecule is CC1(c2c[nH]c3ccc(C#N)cc23)CCCO1. The lowest BCUT2D eigenvalue weighted by Gasteiger charge is -2.22. The van der Waals surface area contributed by atoms with Gasteiger partial charge in [-0.2, -0.15) is 5.26 Å². The zero-order valence-electron chi connectivity index (χ0n) is 9.79. The van der Waals surface area contributed by atoms with Crippen molar-refractivity contribution < 1.29 is 4.74 Å². The van der Waals surface area contributed by atoms with Gasteiger partial charge < -0.3 is 9.72 Å². The van der Waals surface area contributed by atoms with E-state index in [9.17, 15) is 0 Å². The van der Waals surface area contributed by atoms with Gasteiger partial charge in [0.1, 0.15) is 0 Å². The van der Waals surface area contributed by atoms with Crippen molar-refractivity contribution in [3.05, 3.63) is 35.5 Å². The minimum atomic E-state index is -0.202. The number of fused-ring (bicyclic) bond motifs is 1. The molecule has 2 heterocycles. The Morgan fingerprint density at radius 1 is 1.47 bits per heavy atom. The van der Waals surface area contributed by atoms with Gasteiger partial charge in [0.25, 0.3) is 0 Å². The average Bonchev–Trinajstić information content (AvgIpc) is 2.95. The van der Waals surface area contributed by atoms with Crippen molar-refractivity contribution in [3.63, 3.8) is 0 Å². The Bertz CT molecular complexity index is 600. The van der Waals surface area contributed by atoms with Gasteiger partial charge in [-0.15, -0.1) is 0 Å². The highest BCUT2D eigenvalue weighted by atomic mass is 16.5. The van der Waals surface area contributed by atoms with Gasteiger partial charge >= 0.3 is 0 Å². The molecule has 0 bridgehead atoms. The molecule has 0 amide bonds. The number of nitrogens with zero attached hydrogens (tertiary/aromatic N) is 1. The summed E-state index contributed by atoms with van der Waals surface area (Å²) in [7, 11) is 0. The molecule has 3 heteroatoms. The molecular weight excluding hydrogens is 212 g/mol. The lowest BCUT2D eigenvalue weighted by atomic mass is 9.92. The van der Waals surface area contributed by atoms with Crippen molar-refractivity contribution in [2.75, 3.05) is 6.61 Å². The first kappa shape index (κ1) is 10.4. The summed E-state index contributed by atoms with van der Waals surface area (Å²) in [6, 6.07) is 7.91. The van der Waals surface area contributed by atoms with Crippen LogP contribution < -0.4 is 0 Å². The Morgan fingerprint density at radius 2 is 2.35 bits per heavy atom. The summed E-state index contributed by atoms with van der Waals surface area (Å²) in [5.74, 6) is 0. The Labute approximate surface area is 100 Å². The highest BCUT2D eigenvalue weighted by Gasteiger charge is 2.33. The monoisotopic (exact) mass is 226 g/mol. The standard InChI is InChI=1S/C14H14N2O/c1-14(5-2-6-17-14)12-9-16-13-4-3-10(8-15)7-11(12)13/h3-4,7,9,16H,2,5-6H2,1H3. The predicted octanol–water partition coefficient (Wildman–Crippen LogP) is 3.07. The van der Waals surface area contributed by atoms with Crippen molar-refractivity contribution in [2.45, 2.75) is 25.4 Å². The fourth-order valence-electron chi connectivity index (χ4n) is 2.62. The molecule has 1 fully saturated rings. The summed E-state index contributed by atoms with van der Waals surface area (Å²) >= 11 is 0. The molecule has 1 unspecified atom stereocenters. The number of H-pyrrole nitrogens is 1. The third-order valence-electron chi connectivity index (χ3n) is 3.60. The molecule has 17 heavy (non-hydrogen) atoms. The van der Waals surface area contributed by atoms with Crippen molar-refractivity contribution in [3.8, 4) is 6.07 Å². The van der Waals surface area contributed by atoms with Crippen LogP contribution in [0.25, 0.3) is 10.9 Å². The van der Waals surface area contributed by atoms with Crippen molar-refractivity contribution in [2.24, 2.45) is 0 Å². The molecule has 3 rings (SSSR count). The maximum atomic E-state index is 8.96. The zero-order valence-corrected chi connectivity index (χ0v) is 9.79. The molecule has 1 aromatic heterocycles. The van der Waals surface area contributed by atoms with E-state index in [-0.39, 0.29) is 5.60 Å². The lowest BCUT2D eigenvalue weighted by Crippen LogP contribution is -2.19. The molecule has 86 valence electrons. The van der Waals surface area contributed by atoms with E-state index in [0.29, 0.717) is 5.56 Å². The second-order valence-corrected chi connectivity index (χ2v) is 4.76. The van der Waals surface area contributed by atoms with Crippen LogP contribution in [0.3, 0.4) is 0 Å². The van der Waals surface area contributed by atoms with Crippen LogP contribution in [0, 0.1) is 11.3 Å². The van der Waals surface area contributed by atoms with E-state index in [1.54, 1.807) is 0 Å². The highest BCUT2D eigenvalue weighted by molar-refractivity contribution is 5.85. The number of nitriles is 1. The number of aromatic nitrogens is 1. The fourth-order valence-corrected chi connectivity index (χ4v) is 2.62. The van der Waals surface area contributed by atoms with Gasteiger partial charge in [0, 0.05) is 29.3 Å². The van der Waals surface area contributed by atoms with E-state index >= 15 is 0 Å². The van der Waals surface area contributed by atoms with Crippen LogP contribution in [0.5, 0.6) is 0 Å². The number of benzene rings is 1. The van der Waals surface area contributed by atoms with Crippen molar-refractivity contribution in [1.82, 2.24) is 4.98 Å². The molecule has 2 aromatic rings. The number of ether oxygens (including phenoxy) is 1. The quantitative estimate of drug-likeness (QED) is 0.812. The van der Waals surface area contributed by atoms with Gasteiger partial charge in [0.2, 0.25) is 0 Å². The summed E-state index contributed by atoms with van der Waals surface area (Å²) in [5, 5.41) is 10.1. The first-order valence-electron chi connectivity index (χ1n) is 5.89. The summed E-state index contributed by atoms with van der Waals surface area (Å²) in [5.41, 5.74) is 2.73. The van der Waals surface area contributed by atoms with Gasteiger partial charge in [0.05, 0.1) is 17.2 Å². The van der Waals surface area contributed by atoms with Gasteiger partial charge in [0.15, 0.2) is 0 Å². The van der Waals surface area contributed by atoms with Crippen LogP contribution in [0.15, 0.2) is 24.4 Å². The molecule has 0 aliphatic carbocycles. The smallest absolute Gasteiger partial charge is 0.0991 e. The third kappa shape index (κ3) is 1.53. The average molecular weight is 226 g/mol. The highest BCUT2D eigenvalue weighted by Crippen LogP contribution is 2.39. The van der Waals surface area contributed by atoms with Crippen molar-refractivity contribution >= 4 is 10.9 Å². The van der Waals surface area contributed by atoms with E-state index < -0.39 is 0 Å². The molecule has 0 radical (unpaired) electrons. The largest absolute Gasteiger partial charge is 0.371 e. The van der Waals surface area contributed by atoms with Crippen LogP contribution in [0.2, 0.25) is 0 Å². The molecule has 0 saturated carbocycles. The van der Waals surface area contributed by atoms with Crippen LogP contribution in [-0.2, 0) is 10.3 Å². The summed E-state index contributed by atoms with van der Waals surface area (Å²) in [6.45, 7) is 2.95. The molecule has 0 spiro atoms. The van der Waals surface area contributed by atoms with E-state index in [0.717, 1.165) is 30.4 Å². The Kier molecular flexibility index (Phi) is 2.20. The first-order chi connectivity index (χ1) is 8.23. The molecular formula is C14H14N2O. The number of hydrogen-bond donors (Lipinski definition) is 1. The molecule has 3 nitrogen and oxygen atoms in total. The minimum Gasteiger partial charge on any atom is -0.371 e. The molecule has 1 atom stereocenters. The molecule has 1 aromatic carbocycles.